The van der Waals surface area contributed by atoms with Crippen LogP contribution in [0.15, 0.2) is 72.8 Å². The van der Waals surface area contributed by atoms with E-state index in [1.165, 1.54) is 16.7 Å². The number of halogens is 1. The highest BCUT2D eigenvalue weighted by Gasteiger charge is 2.32. The normalized spacial score (nSPS) is 19.4. The van der Waals surface area contributed by atoms with Crippen LogP contribution in [0.25, 0.3) is 11.1 Å². The Bertz CT molecular complexity index is 1130. The highest BCUT2D eigenvalue weighted by molar-refractivity contribution is 6.30. The molecule has 1 atom stereocenters. The van der Waals surface area contributed by atoms with Crippen LogP contribution in [0.4, 0.5) is 4.79 Å². The highest BCUT2D eigenvalue weighted by atomic mass is 35.5. The Hall–Kier alpha value is -2.86. The molecule has 2 fully saturated rings. The van der Waals surface area contributed by atoms with Crippen molar-refractivity contribution in [2.75, 3.05) is 39.8 Å². The number of likely N-dealkylation sites (N-methyl/N-ethyl adjacent to an activating group) is 1. The van der Waals surface area contributed by atoms with Gasteiger partial charge in [0.2, 0.25) is 0 Å². The van der Waals surface area contributed by atoms with Crippen LogP contribution in [0.1, 0.15) is 22.8 Å². The smallest absolute Gasteiger partial charge is 0.410 e. The molecule has 2 saturated heterocycles. The van der Waals surface area contributed by atoms with Crippen LogP contribution >= 0.6 is 11.6 Å². The minimum Gasteiger partial charge on any atom is -0.439 e. The van der Waals surface area contributed by atoms with Crippen molar-refractivity contribution in [1.82, 2.24) is 14.7 Å². The third-order valence-corrected chi connectivity index (χ3v) is 7.03. The predicted molar refractivity (Wildman–Crippen MR) is 136 cm³/mol. The van der Waals surface area contributed by atoms with Crippen molar-refractivity contribution in [2.24, 2.45) is 0 Å². The molecule has 3 aromatic rings. The maximum atomic E-state index is 12.4. The third-order valence-electron chi connectivity index (χ3n) is 6.77. The number of amides is 1. The van der Waals surface area contributed by atoms with Crippen LogP contribution in [-0.4, -0.2) is 60.6 Å². The fourth-order valence-corrected chi connectivity index (χ4v) is 4.81. The van der Waals surface area contributed by atoms with Crippen molar-refractivity contribution in [3.63, 3.8) is 0 Å². The molecule has 0 aromatic heterocycles. The fourth-order valence-electron chi connectivity index (χ4n) is 4.68. The maximum Gasteiger partial charge on any atom is 0.410 e. The first-order chi connectivity index (χ1) is 16.5. The number of piperazine rings is 1. The second-order valence-corrected chi connectivity index (χ2v) is 9.67. The summed E-state index contributed by atoms with van der Waals surface area (Å²) in [5, 5.41) is 0.676. The van der Waals surface area contributed by atoms with Crippen molar-refractivity contribution in [2.45, 2.75) is 19.2 Å². The molecule has 0 spiro atoms. The fraction of sp³-hybridized carbons (Fsp3) is 0.321. The largest absolute Gasteiger partial charge is 0.439 e. The Morgan fingerprint density at radius 3 is 2.32 bits per heavy atom. The summed E-state index contributed by atoms with van der Waals surface area (Å²) in [7, 11) is 2.19. The summed E-state index contributed by atoms with van der Waals surface area (Å²) in [5.74, 6) is 0. The molecular formula is C28H30ClN3O2. The van der Waals surface area contributed by atoms with Gasteiger partial charge in [-0.25, -0.2) is 4.79 Å². The number of ether oxygens (including phenoxy) is 1. The van der Waals surface area contributed by atoms with Gasteiger partial charge in [0, 0.05) is 44.3 Å². The second kappa shape index (κ2) is 10.2. The summed E-state index contributed by atoms with van der Waals surface area (Å²) >= 11 is 5.98. The van der Waals surface area contributed by atoms with Gasteiger partial charge >= 0.3 is 6.09 Å². The number of nitrogens with zero attached hydrogens (tertiary/aromatic N) is 3. The lowest BCUT2D eigenvalue weighted by Crippen LogP contribution is -2.43. The molecule has 6 heteroatoms. The number of hydrogen-bond acceptors (Lipinski definition) is 4. The van der Waals surface area contributed by atoms with Crippen LogP contribution in [0.3, 0.4) is 0 Å². The zero-order chi connectivity index (χ0) is 23.5. The van der Waals surface area contributed by atoms with Gasteiger partial charge in [-0.05, 0) is 47.0 Å². The molecule has 0 radical (unpaired) electrons. The number of cyclic esters (lactones) is 1. The summed E-state index contributed by atoms with van der Waals surface area (Å²) in [6.45, 7) is 6.49. The molecule has 0 bridgehead atoms. The summed E-state index contributed by atoms with van der Waals surface area (Å²) in [6.07, 6.45) is -0.535. The summed E-state index contributed by atoms with van der Waals surface area (Å²) in [5.41, 5.74) is 5.89. The van der Waals surface area contributed by atoms with E-state index in [1.54, 1.807) is 4.90 Å². The van der Waals surface area contributed by atoms with Crippen molar-refractivity contribution >= 4 is 17.7 Å². The minimum atomic E-state index is -0.276. The van der Waals surface area contributed by atoms with Gasteiger partial charge in [-0.1, -0.05) is 72.3 Å². The molecule has 5 rings (SSSR count). The van der Waals surface area contributed by atoms with Crippen LogP contribution in [0.5, 0.6) is 0 Å². The first kappa shape index (κ1) is 22.9. The molecule has 3 aromatic carbocycles. The van der Waals surface area contributed by atoms with E-state index in [2.05, 4.69) is 65.4 Å². The minimum absolute atomic E-state index is 0.259. The molecule has 2 heterocycles. The monoisotopic (exact) mass is 475 g/mol. The molecule has 176 valence electrons. The number of carbonyl (C=O) groups excluding carboxylic acids is 1. The van der Waals surface area contributed by atoms with Crippen LogP contribution in [-0.2, 0) is 17.8 Å². The molecule has 2 aliphatic rings. The molecule has 0 saturated carbocycles. The van der Waals surface area contributed by atoms with Crippen molar-refractivity contribution in [3.8, 4) is 11.1 Å². The molecule has 34 heavy (non-hydrogen) atoms. The average molecular weight is 476 g/mol. The van der Waals surface area contributed by atoms with Gasteiger partial charge in [0.05, 0.1) is 6.54 Å². The van der Waals surface area contributed by atoms with E-state index in [0.29, 0.717) is 18.1 Å². The Morgan fingerprint density at radius 1 is 0.882 bits per heavy atom. The summed E-state index contributed by atoms with van der Waals surface area (Å²) in [6, 6.07) is 24.7. The standard InChI is InChI=1S/C28H30ClN3O2/c1-30-14-16-31(17-15-30)19-24-4-2-3-5-26(24)22-8-6-21(7-9-22)18-32-20-27(34-28(32)33)23-10-12-25(29)13-11-23/h2-13,27H,14-20H2,1H3. The van der Waals surface area contributed by atoms with E-state index >= 15 is 0 Å². The first-order valence-corrected chi connectivity index (χ1v) is 12.2. The Kier molecular flexibility index (Phi) is 6.86. The van der Waals surface area contributed by atoms with Gasteiger partial charge in [0.1, 0.15) is 6.10 Å². The third kappa shape index (κ3) is 5.27. The quantitative estimate of drug-likeness (QED) is 0.475. The molecule has 0 N–H and O–H groups in total. The zero-order valence-electron chi connectivity index (χ0n) is 19.5. The second-order valence-electron chi connectivity index (χ2n) is 9.24. The molecule has 5 nitrogen and oxygen atoms in total. The molecule has 1 amide bonds. The lowest BCUT2D eigenvalue weighted by molar-refractivity contribution is 0.132. The lowest BCUT2D eigenvalue weighted by atomic mass is 9.98. The number of hydrogen-bond donors (Lipinski definition) is 0. The van der Waals surface area contributed by atoms with Gasteiger partial charge in [-0.2, -0.15) is 0 Å². The van der Waals surface area contributed by atoms with E-state index in [0.717, 1.165) is 43.9 Å². The summed E-state index contributed by atoms with van der Waals surface area (Å²) in [4.78, 5) is 19.1. The van der Waals surface area contributed by atoms with Crippen molar-refractivity contribution < 1.29 is 9.53 Å². The number of rotatable bonds is 6. The number of benzene rings is 3. The van der Waals surface area contributed by atoms with Crippen molar-refractivity contribution in [1.29, 1.82) is 0 Å². The molecule has 1 unspecified atom stereocenters. The van der Waals surface area contributed by atoms with E-state index in [9.17, 15) is 4.79 Å². The van der Waals surface area contributed by atoms with Crippen LogP contribution in [0, 0.1) is 0 Å². The van der Waals surface area contributed by atoms with Gasteiger partial charge in [0.15, 0.2) is 0 Å². The van der Waals surface area contributed by atoms with Gasteiger partial charge < -0.3 is 9.64 Å². The average Bonchev–Trinajstić information content (AvgIpc) is 3.22. The Labute approximate surface area is 206 Å². The Morgan fingerprint density at radius 2 is 1.59 bits per heavy atom. The SMILES string of the molecule is CN1CCN(Cc2ccccc2-c2ccc(CN3CC(c4ccc(Cl)cc4)OC3=O)cc2)CC1. The van der Waals surface area contributed by atoms with Gasteiger partial charge in [0.25, 0.3) is 0 Å². The lowest BCUT2D eigenvalue weighted by Gasteiger charge is -2.32. The van der Waals surface area contributed by atoms with Crippen LogP contribution in [0.2, 0.25) is 5.02 Å². The van der Waals surface area contributed by atoms with Gasteiger partial charge in [-0.15, -0.1) is 0 Å². The molecular weight excluding hydrogens is 446 g/mol. The first-order valence-electron chi connectivity index (χ1n) is 11.8. The summed E-state index contributed by atoms with van der Waals surface area (Å²) < 4.78 is 5.60. The zero-order valence-corrected chi connectivity index (χ0v) is 20.2. The van der Waals surface area contributed by atoms with Crippen LogP contribution < -0.4 is 0 Å². The van der Waals surface area contributed by atoms with E-state index < -0.39 is 0 Å². The molecule has 2 aliphatic heterocycles. The Balaban J connectivity index is 1.25. The predicted octanol–water partition coefficient (Wildman–Crippen LogP) is 5.45. The van der Waals surface area contributed by atoms with E-state index in [-0.39, 0.29) is 12.2 Å². The maximum absolute atomic E-state index is 12.4. The van der Waals surface area contributed by atoms with E-state index in [4.69, 9.17) is 16.3 Å². The van der Waals surface area contributed by atoms with Gasteiger partial charge in [-0.3, -0.25) is 9.80 Å². The topological polar surface area (TPSA) is 36.0 Å². The van der Waals surface area contributed by atoms with Crippen molar-refractivity contribution in [3.05, 3.63) is 94.5 Å². The number of carbonyl (C=O) groups is 1. The molecule has 0 aliphatic carbocycles. The van der Waals surface area contributed by atoms with E-state index in [1.807, 2.05) is 24.3 Å². The highest BCUT2D eigenvalue weighted by Crippen LogP contribution is 2.29.